The first-order valence-electron chi connectivity index (χ1n) is 13.7. The van der Waals surface area contributed by atoms with Crippen LogP contribution in [-0.4, -0.2) is 100.0 Å². The fourth-order valence-corrected chi connectivity index (χ4v) is 7.10. The molecule has 12 nitrogen and oxygen atoms in total. The fraction of sp³-hybridized carbons (Fsp3) is 0.500. The van der Waals surface area contributed by atoms with Crippen LogP contribution in [0.2, 0.25) is 0 Å². The third-order valence-electron chi connectivity index (χ3n) is 9.27. The molecule has 1 saturated heterocycles. The number of esters is 1. The van der Waals surface area contributed by atoms with Gasteiger partial charge in [-0.2, -0.15) is 0 Å². The first-order chi connectivity index (χ1) is 19.8. The zero-order valence-corrected chi connectivity index (χ0v) is 24.6. The summed E-state index contributed by atoms with van der Waals surface area (Å²) in [4.78, 5) is 43.4. The summed E-state index contributed by atoms with van der Waals surface area (Å²) in [5.41, 5.74) is 1.18. The first-order valence-corrected chi connectivity index (χ1v) is 13.7. The minimum atomic E-state index is -1.46. The van der Waals surface area contributed by atoms with Crippen LogP contribution in [0.15, 0.2) is 34.1 Å². The topological polar surface area (TPSA) is 166 Å². The molecule has 0 spiro atoms. The van der Waals surface area contributed by atoms with Gasteiger partial charge in [-0.25, -0.2) is 4.79 Å². The number of benzene rings is 1. The summed E-state index contributed by atoms with van der Waals surface area (Å²) in [7, 11) is 4.31. The maximum Gasteiger partial charge on any atom is 0.333 e. The Labute approximate surface area is 243 Å². The first kappa shape index (κ1) is 29.8. The van der Waals surface area contributed by atoms with E-state index in [2.05, 4.69) is 0 Å². The number of carbonyl (C=O) groups is 3. The van der Waals surface area contributed by atoms with E-state index in [4.69, 9.17) is 14.2 Å². The number of hydrogen-bond donors (Lipinski definition) is 4. The number of phenols is 2. The lowest BCUT2D eigenvalue weighted by atomic mass is 9.70. The van der Waals surface area contributed by atoms with E-state index < -0.39 is 54.0 Å². The van der Waals surface area contributed by atoms with E-state index in [1.165, 1.54) is 21.1 Å². The van der Waals surface area contributed by atoms with Crippen molar-refractivity contribution >= 4 is 17.5 Å². The van der Waals surface area contributed by atoms with Gasteiger partial charge in [0.25, 0.3) is 0 Å². The van der Waals surface area contributed by atoms with E-state index in [1.807, 2.05) is 0 Å². The summed E-state index contributed by atoms with van der Waals surface area (Å²) in [6.07, 6.45) is -1.34. The van der Waals surface area contributed by atoms with Crippen LogP contribution in [0.3, 0.4) is 0 Å². The molecule has 12 heteroatoms. The van der Waals surface area contributed by atoms with Gasteiger partial charge in [-0.15, -0.1) is 0 Å². The number of Topliss-reactive ketones (excluding diaryl/α,β-unsaturated/α-hetero) is 2. The SMILES string of the molecule is C/C=C(/C)C(=O)OC[C@H]1C2=C(CC3[C@H]4c5c(O)c(OC)c(C)c(O)c5C(O)[C@@H](C(O)N31)N4C)C(=O)C(C)=C(OC)C2=O. The largest absolute Gasteiger partial charge is 0.507 e. The van der Waals surface area contributed by atoms with E-state index in [9.17, 15) is 34.8 Å². The molecule has 1 aliphatic carbocycles. The molecule has 42 heavy (non-hydrogen) atoms. The highest BCUT2D eigenvalue weighted by molar-refractivity contribution is 6.25. The number of piperazine rings is 1. The third-order valence-corrected chi connectivity index (χ3v) is 9.27. The van der Waals surface area contributed by atoms with E-state index in [0.29, 0.717) is 5.57 Å². The van der Waals surface area contributed by atoms with Crippen LogP contribution in [0.4, 0.5) is 0 Å². The van der Waals surface area contributed by atoms with Gasteiger partial charge in [-0.05, 0) is 41.2 Å². The van der Waals surface area contributed by atoms with Gasteiger partial charge in [0.15, 0.2) is 23.0 Å². The molecule has 4 N–H and O–H groups in total. The molecule has 0 radical (unpaired) electrons. The van der Waals surface area contributed by atoms with Crippen LogP contribution in [0.1, 0.15) is 56.0 Å². The molecule has 3 heterocycles. The number of carbonyl (C=O) groups excluding carboxylic acids is 3. The Morgan fingerprint density at radius 1 is 1.05 bits per heavy atom. The van der Waals surface area contributed by atoms with Crippen molar-refractivity contribution in [3.05, 3.63) is 50.8 Å². The lowest BCUT2D eigenvalue weighted by molar-refractivity contribution is -0.199. The van der Waals surface area contributed by atoms with E-state index in [0.717, 1.165) is 0 Å². The van der Waals surface area contributed by atoms with Crippen molar-refractivity contribution in [3.8, 4) is 17.2 Å². The van der Waals surface area contributed by atoms with Crippen LogP contribution in [0.5, 0.6) is 17.2 Å². The monoisotopic (exact) mass is 584 g/mol. The van der Waals surface area contributed by atoms with Gasteiger partial charge in [0.05, 0.1) is 32.3 Å². The summed E-state index contributed by atoms with van der Waals surface area (Å²) in [5, 5.41) is 46.0. The summed E-state index contributed by atoms with van der Waals surface area (Å²) < 4.78 is 16.3. The van der Waals surface area contributed by atoms with E-state index in [-0.39, 0.29) is 69.4 Å². The number of methoxy groups -OCH3 is 2. The van der Waals surface area contributed by atoms with Crippen LogP contribution in [0, 0.1) is 6.92 Å². The van der Waals surface area contributed by atoms with Crippen molar-refractivity contribution in [1.29, 1.82) is 0 Å². The molecule has 0 saturated carbocycles. The molecule has 226 valence electrons. The molecule has 1 aromatic rings. The number of aliphatic hydroxyl groups is 2. The quantitative estimate of drug-likeness (QED) is 0.171. The maximum absolute atomic E-state index is 13.8. The van der Waals surface area contributed by atoms with Crippen molar-refractivity contribution in [1.82, 2.24) is 9.80 Å². The molecule has 5 rings (SSSR count). The van der Waals surface area contributed by atoms with Crippen molar-refractivity contribution < 1.29 is 49.0 Å². The van der Waals surface area contributed by atoms with Gasteiger partial charge >= 0.3 is 5.97 Å². The van der Waals surface area contributed by atoms with Gasteiger partial charge in [0.2, 0.25) is 5.78 Å². The van der Waals surface area contributed by atoms with Gasteiger partial charge in [-0.1, -0.05) is 6.08 Å². The van der Waals surface area contributed by atoms with Crippen LogP contribution in [-0.2, 0) is 23.9 Å². The van der Waals surface area contributed by atoms with Gasteiger partial charge < -0.3 is 34.6 Å². The average molecular weight is 585 g/mol. The van der Waals surface area contributed by atoms with Crippen molar-refractivity contribution in [2.24, 2.45) is 0 Å². The molecule has 1 aromatic carbocycles. The summed E-state index contributed by atoms with van der Waals surface area (Å²) in [5.74, 6) is -2.26. The van der Waals surface area contributed by atoms with E-state index in [1.54, 1.807) is 43.7 Å². The van der Waals surface area contributed by atoms with Gasteiger partial charge in [0, 0.05) is 45.0 Å². The number of allylic oxidation sites excluding steroid dienone is 3. The molecule has 3 aliphatic heterocycles. The van der Waals surface area contributed by atoms with Crippen molar-refractivity contribution in [3.63, 3.8) is 0 Å². The molecule has 3 unspecified atom stereocenters. The number of aromatic hydroxyl groups is 2. The summed E-state index contributed by atoms with van der Waals surface area (Å²) >= 11 is 0. The second-order valence-corrected chi connectivity index (χ2v) is 11.2. The molecule has 0 aromatic heterocycles. The number of ether oxygens (including phenoxy) is 3. The minimum Gasteiger partial charge on any atom is -0.507 e. The second kappa shape index (κ2) is 10.5. The Balaban J connectivity index is 1.74. The normalized spacial score (nSPS) is 29.7. The number of rotatable bonds is 5. The second-order valence-electron chi connectivity index (χ2n) is 11.2. The Morgan fingerprint density at radius 3 is 2.31 bits per heavy atom. The molecule has 4 aliphatic rings. The molecule has 6 atom stereocenters. The third kappa shape index (κ3) is 3.93. The molecule has 0 amide bonds. The van der Waals surface area contributed by atoms with Crippen LogP contribution < -0.4 is 4.74 Å². The Morgan fingerprint density at radius 2 is 1.71 bits per heavy atom. The van der Waals surface area contributed by atoms with Crippen molar-refractivity contribution in [2.75, 3.05) is 27.9 Å². The highest BCUT2D eigenvalue weighted by Crippen LogP contribution is 2.58. The number of nitrogens with zero attached hydrogens (tertiary/aromatic N) is 2. The number of ketones is 2. The number of fused-ring (bicyclic) bond motifs is 6. The van der Waals surface area contributed by atoms with Gasteiger partial charge in [-0.3, -0.25) is 19.4 Å². The fourth-order valence-electron chi connectivity index (χ4n) is 7.10. The average Bonchev–Trinajstić information content (AvgIpc) is 2.96. The molecular weight excluding hydrogens is 548 g/mol. The highest BCUT2D eigenvalue weighted by atomic mass is 16.5. The highest BCUT2D eigenvalue weighted by Gasteiger charge is 2.60. The lowest BCUT2D eigenvalue weighted by Crippen LogP contribution is -2.71. The zero-order chi connectivity index (χ0) is 30.9. The Kier molecular flexibility index (Phi) is 7.46. The van der Waals surface area contributed by atoms with Crippen molar-refractivity contribution in [2.45, 2.75) is 70.6 Å². The van der Waals surface area contributed by atoms with Gasteiger partial charge in [0.1, 0.15) is 24.7 Å². The number of phenolic OH excluding ortho intramolecular Hbond substituents is 2. The van der Waals surface area contributed by atoms with Crippen LogP contribution in [0.25, 0.3) is 0 Å². The molecule has 1 fully saturated rings. The maximum atomic E-state index is 13.8. The Hall–Kier alpha value is -3.71. The number of hydrogen-bond acceptors (Lipinski definition) is 12. The zero-order valence-electron chi connectivity index (χ0n) is 24.6. The van der Waals surface area contributed by atoms with Crippen LogP contribution >= 0.6 is 0 Å². The number of aliphatic hydroxyl groups excluding tert-OH is 2. The smallest absolute Gasteiger partial charge is 0.333 e. The molecular formula is C30H36N2O10. The summed E-state index contributed by atoms with van der Waals surface area (Å²) in [6.45, 7) is 5.92. The standard InChI is InChI=1S/C30H36N2O10/c1-8-11(2)30(39)42-10-16-17-14(22(33)12(3)27(40-6)25(17)36)9-15-20-18-19(23(34)13(4)28(41-7)26(18)37)24(35)21(31(20)5)29(38)32(15)16/h8,15-16,20-21,24,29,34-35,37-38H,9-10H2,1-7H3/b11-8-/t15?,16-,20-,21-,24?,29?/m0/s1. The predicted octanol–water partition coefficient (Wildman–Crippen LogP) is 1.46. The molecule has 2 bridgehead atoms. The minimum absolute atomic E-state index is 0.0166. The number of likely N-dealkylation sites (N-methyl/N-ethyl adjacent to an activating group) is 1. The summed E-state index contributed by atoms with van der Waals surface area (Å²) in [6, 6.07) is -3.66. The predicted molar refractivity (Wildman–Crippen MR) is 147 cm³/mol. The Bertz CT molecular complexity index is 1490. The lowest BCUT2D eigenvalue weighted by Gasteiger charge is -2.61. The van der Waals surface area contributed by atoms with E-state index >= 15 is 0 Å².